The van der Waals surface area contributed by atoms with Gasteiger partial charge in [0, 0.05) is 44.3 Å². The van der Waals surface area contributed by atoms with Crippen LogP contribution >= 0.6 is 11.8 Å². The van der Waals surface area contributed by atoms with Gasteiger partial charge in [0.05, 0.1) is 0 Å². The van der Waals surface area contributed by atoms with Gasteiger partial charge in [-0.2, -0.15) is 0 Å². The Morgan fingerprint density at radius 3 is 2.73 bits per heavy atom. The smallest absolute Gasteiger partial charge is 0.193 e. The van der Waals surface area contributed by atoms with Gasteiger partial charge in [-0.25, -0.2) is 9.97 Å². The third-order valence-electron chi connectivity index (χ3n) is 4.23. The van der Waals surface area contributed by atoms with Gasteiger partial charge < -0.3 is 10.2 Å². The zero-order valence-corrected chi connectivity index (χ0v) is 14.1. The van der Waals surface area contributed by atoms with Crippen molar-refractivity contribution in [3.05, 3.63) is 18.0 Å². The lowest BCUT2D eigenvalue weighted by molar-refractivity contribution is 0.447. The summed E-state index contributed by atoms with van der Waals surface area (Å²) in [5, 5.41) is 5.07. The van der Waals surface area contributed by atoms with Crippen LogP contribution in [0.1, 0.15) is 37.7 Å². The van der Waals surface area contributed by atoms with Gasteiger partial charge in [-0.1, -0.05) is 24.6 Å². The highest BCUT2D eigenvalue weighted by molar-refractivity contribution is 7.99. The third kappa shape index (κ3) is 4.35. The van der Waals surface area contributed by atoms with E-state index < -0.39 is 0 Å². The first-order chi connectivity index (χ1) is 10.8. The summed E-state index contributed by atoms with van der Waals surface area (Å²) < 4.78 is 0. The fourth-order valence-corrected chi connectivity index (χ4v) is 4.01. The first kappa shape index (κ1) is 15.6. The second-order valence-corrected chi connectivity index (χ2v) is 7.32. The quantitative estimate of drug-likeness (QED) is 0.844. The zero-order valence-electron chi connectivity index (χ0n) is 13.3. The average Bonchev–Trinajstić information content (AvgIpc) is 3.04. The van der Waals surface area contributed by atoms with Crippen LogP contribution in [-0.4, -0.2) is 52.8 Å². The number of aromatic nitrogens is 2. The van der Waals surface area contributed by atoms with Crippen LogP contribution in [0.15, 0.2) is 22.5 Å². The van der Waals surface area contributed by atoms with Crippen LogP contribution in [0, 0.1) is 0 Å². The van der Waals surface area contributed by atoms with E-state index in [1.165, 1.54) is 31.2 Å². The number of guanidine groups is 1. The van der Waals surface area contributed by atoms with Crippen LogP contribution < -0.4 is 5.32 Å². The summed E-state index contributed by atoms with van der Waals surface area (Å²) in [6, 6.07) is 0. The van der Waals surface area contributed by atoms with Gasteiger partial charge in [-0.3, -0.25) is 4.99 Å². The molecule has 0 bridgehead atoms. The molecule has 3 rings (SSSR count). The molecule has 1 fully saturated rings. The normalized spacial score (nSPS) is 19.3. The van der Waals surface area contributed by atoms with Gasteiger partial charge in [0.2, 0.25) is 0 Å². The number of rotatable bonds is 5. The lowest BCUT2D eigenvalue weighted by atomic mass is 10.2. The van der Waals surface area contributed by atoms with Crippen LogP contribution in [0.4, 0.5) is 0 Å². The monoisotopic (exact) mass is 319 g/mol. The molecule has 1 saturated carbocycles. The summed E-state index contributed by atoms with van der Waals surface area (Å²) >= 11 is 1.84. The van der Waals surface area contributed by atoms with Gasteiger partial charge in [-0.15, -0.1) is 0 Å². The first-order valence-electron chi connectivity index (χ1n) is 8.28. The molecule has 0 unspecified atom stereocenters. The Kier molecular flexibility index (Phi) is 5.53. The predicted octanol–water partition coefficient (Wildman–Crippen LogP) is 2.33. The molecule has 6 heteroatoms. The molecule has 2 aliphatic rings. The van der Waals surface area contributed by atoms with Crippen LogP contribution in [0.2, 0.25) is 0 Å². The third-order valence-corrected chi connectivity index (χ3v) is 5.45. The molecule has 1 aliphatic carbocycles. The van der Waals surface area contributed by atoms with Gasteiger partial charge in [0.15, 0.2) is 11.1 Å². The number of thioether (sulfide) groups is 1. The zero-order chi connectivity index (χ0) is 15.2. The Balaban J connectivity index is 1.43. The van der Waals surface area contributed by atoms with Crippen LogP contribution in [-0.2, 0) is 6.42 Å². The molecule has 1 N–H and O–H groups in total. The van der Waals surface area contributed by atoms with E-state index in [1.54, 1.807) is 0 Å². The van der Waals surface area contributed by atoms with Gasteiger partial charge >= 0.3 is 0 Å². The number of nitrogens with one attached hydrogen (secondary N) is 1. The second kappa shape index (κ2) is 7.81. The summed E-state index contributed by atoms with van der Waals surface area (Å²) in [5.74, 6) is 1.01. The molecule has 5 nitrogen and oxygen atoms in total. The molecule has 0 saturated heterocycles. The largest absolute Gasteiger partial charge is 0.356 e. The van der Waals surface area contributed by atoms with Crippen molar-refractivity contribution in [2.24, 2.45) is 4.99 Å². The van der Waals surface area contributed by atoms with Crippen molar-refractivity contribution < 1.29 is 0 Å². The van der Waals surface area contributed by atoms with Crippen LogP contribution in [0.25, 0.3) is 0 Å². The minimum Gasteiger partial charge on any atom is -0.356 e. The Hall–Kier alpha value is -1.30. The highest BCUT2D eigenvalue weighted by atomic mass is 32.2. The maximum atomic E-state index is 4.51. The summed E-state index contributed by atoms with van der Waals surface area (Å²) in [6.45, 7) is 2.90. The molecule has 1 aliphatic heterocycles. The fraction of sp³-hybridized carbons (Fsp3) is 0.688. The molecule has 120 valence electrons. The maximum Gasteiger partial charge on any atom is 0.193 e. The Morgan fingerprint density at radius 2 is 2.00 bits per heavy atom. The van der Waals surface area contributed by atoms with Gasteiger partial charge in [-0.05, 0) is 31.2 Å². The van der Waals surface area contributed by atoms with Crippen molar-refractivity contribution in [1.82, 2.24) is 20.2 Å². The summed E-state index contributed by atoms with van der Waals surface area (Å²) in [7, 11) is 2.09. The lowest BCUT2D eigenvalue weighted by Gasteiger charge is -2.25. The maximum absolute atomic E-state index is 4.51. The SMILES string of the molecule is CN1CCCN=C1NCCc1cnc(SC2CCCC2)nc1. The van der Waals surface area contributed by atoms with Crippen molar-refractivity contribution in [1.29, 1.82) is 0 Å². The molecule has 2 heterocycles. The van der Waals surface area contributed by atoms with Crippen molar-refractivity contribution in [3.8, 4) is 0 Å². The Bertz CT molecular complexity index is 496. The van der Waals surface area contributed by atoms with Crippen molar-refractivity contribution in [3.63, 3.8) is 0 Å². The first-order valence-corrected chi connectivity index (χ1v) is 9.16. The molecule has 0 radical (unpaired) electrons. The number of hydrogen-bond acceptors (Lipinski definition) is 6. The molecule has 0 atom stereocenters. The standard InChI is InChI=1S/C16H25N5S/c1-21-10-4-8-17-15(21)18-9-7-13-11-19-16(20-12-13)22-14-5-2-3-6-14/h11-12,14H,2-10H2,1H3,(H,17,18). The molecular formula is C16H25N5S. The van der Waals surface area contributed by atoms with Crippen molar-refractivity contribution >= 4 is 17.7 Å². The minimum atomic E-state index is 0.729. The van der Waals surface area contributed by atoms with E-state index in [1.807, 2.05) is 24.2 Å². The molecular weight excluding hydrogens is 294 g/mol. The molecule has 22 heavy (non-hydrogen) atoms. The van der Waals surface area contributed by atoms with Crippen LogP contribution in [0.5, 0.6) is 0 Å². The second-order valence-electron chi connectivity index (χ2n) is 6.06. The van der Waals surface area contributed by atoms with E-state index in [0.717, 1.165) is 48.8 Å². The minimum absolute atomic E-state index is 0.729. The number of nitrogens with zero attached hydrogens (tertiary/aromatic N) is 4. The highest BCUT2D eigenvalue weighted by Crippen LogP contribution is 2.32. The molecule has 0 aromatic carbocycles. The van der Waals surface area contributed by atoms with E-state index in [9.17, 15) is 0 Å². The van der Waals surface area contributed by atoms with E-state index in [0.29, 0.717) is 0 Å². The topological polar surface area (TPSA) is 53.4 Å². The number of hydrogen-bond donors (Lipinski definition) is 1. The summed E-state index contributed by atoms with van der Waals surface area (Å²) in [6.07, 6.45) is 11.4. The Morgan fingerprint density at radius 1 is 1.23 bits per heavy atom. The van der Waals surface area contributed by atoms with Gasteiger partial charge in [0.1, 0.15) is 0 Å². The van der Waals surface area contributed by atoms with Crippen molar-refractivity contribution in [2.45, 2.75) is 48.9 Å². The fourth-order valence-electron chi connectivity index (χ4n) is 2.92. The lowest BCUT2D eigenvalue weighted by Crippen LogP contribution is -2.42. The summed E-state index contributed by atoms with van der Waals surface area (Å²) in [4.78, 5) is 15.7. The number of aliphatic imine (C=N–C) groups is 1. The molecule has 0 spiro atoms. The van der Waals surface area contributed by atoms with Gasteiger partial charge in [0.25, 0.3) is 0 Å². The van der Waals surface area contributed by atoms with E-state index >= 15 is 0 Å². The van der Waals surface area contributed by atoms with E-state index in [-0.39, 0.29) is 0 Å². The predicted molar refractivity (Wildman–Crippen MR) is 91.4 cm³/mol. The molecule has 0 amide bonds. The highest BCUT2D eigenvalue weighted by Gasteiger charge is 2.17. The molecule has 1 aromatic heterocycles. The molecule has 1 aromatic rings. The summed E-state index contributed by atoms with van der Waals surface area (Å²) in [5.41, 5.74) is 1.18. The van der Waals surface area contributed by atoms with Crippen LogP contribution in [0.3, 0.4) is 0 Å². The van der Waals surface area contributed by atoms with Crippen molar-refractivity contribution in [2.75, 3.05) is 26.7 Å². The average molecular weight is 319 g/mol. The Labute approximate surface area is 137 Å². The van der Waals surface area contributed by atoms with E-state index in [2.05, 4.69) is 32.2 Å². The van der Waals surface area contributed by atoms with E-state index in [4.69, 9.17) is 0 Å².